The third-order valence-electron chi connectivity index (χ3n) is 4.89. The van der Waals surface area contributed by atoms with E-state index >= 15 is 0 Å². The number of carbonyl (C=O) groups excluding carboxylic acids is 1. The Hall–Kier alpha value is -3.08. The van der Waals surface area contributed by atoms with E-state index in [9.17, 15) is 4.79 Å². The van der Waals surface area contributed by atoms with E-state index in [1.165, 1.54) is 0 Å². The molecule has 5 heteroatoms. The monoisotopic (exact) mass is 344 g/mol. The SMILES string of the molecule is Cc1ccc(-c2ccc3c(c2)N(c2cnc(C)cn2)C(=O)C3(C)C)cn1. The maximum atomic E-state index is 13.1. The van der Waals surface area contributed by atoms with Crippen LogP contribution < -0.4 is 4.90 Å². The molecule has 1 aliphatic rings. The topological polar surface area (TPSA) is 59.0 Å². The van der Waals surface area contributed by atoms with Crippen molar-refractivity contribution in [2.75, 3.05) is 4.90 Å². The van der Waals surface area contributed by atoms with Crippen LogP contribution in [0.4, 0.5) is 11.5 Å². The first-order valence-electron chi connectivity index (χ1n) is 8.59. The number of nitrogens with zero attached hydrogens (tertiary/aromatic N) is 4. The van der Waals surface area contributed by atoms with Crippen molar-refractivity contribution in [1.29, 1.82) is 0 Å². The standard InChI is InChI=1S/C21H20N4O/c1-13-5-6-16(11-22-13)15-7-8-17-18(9-15)25(20(26)21(17,3)4)19-12-23-14(2)10-24-19/h5-12H,1-4H3. The molecule has 3 aromatic rings. The molecule has 26 heavy (non-hydrogen) atoms. The van der Waals surface area contributed by atoms with Crippen LogP contribution >= 0.6 is 0 Å². The molecule has 0 N–H and O–H groups in total. The van der Waals surface area contributed by atoms with Gasteiger partial charge in [0.2, 0.25) is 5.91 Å². The van der Waals surface area contributed by atoms with Crippen molar-refractivity contribution in [3.8, 4) is 11.1 Å². The molecule has 1 aliphatic heterocycles. The normalized spacial score (nSPS) is 15.2. The number of rotatable bonds is 2. The highest BCUT2D eigenvalue weighted by molar-refractivity contribution is 6.12. The van der Waals surface area contributed by atoms with Crippen molar-refractivity contribution < 1.29 is 4.79 Å². The summed E-state index contributed by atoms with van der Waals surface area (Å²) in [5.41, 5.74) is 5.08. The minimum atomic E-state index is -0.605. The van der Waals surface area contributed by atoms with Crippen LogP contribution in [0.3, 0.4) is 0 Å². The van der Waals surface area contributed by atoms with E-state index in [1.807, 2.05) is 64.2 Å². The Morgan fingerprint density at radius 3 is 2.23 bits per heavy atom. The van der Waals surface area contributed by atoms with Crippen LogP contribution in [0.25, 0.3) is 11.1 Å². The molecule has 0 unspecified atom stereocenters. The van der Waals surface area contributed by atoms with Gasteiger partial charge in [0.1, 0.15) is 0 Å². The zero-order chi connectivity index (χ0) is 18.5. The fourth-order valence-electron chi connectivity index (χ4n) is 3.30. The first kappa shape index (κ1) is 16.4. The molecule has 4 rings (SSSR count). The van der Waals surface area contributed by atoms with Crippen molar-refractivity contribution >= 4 is 17.4 Å². The van der Waals surface area contributed by atoms with Crippen molar-refractivity contribution in [1.82, 2.24) is 15.0 Å². The number of aromatic nitrogens is 3. The van der Waals surface area contributed by atoms with E-state index in [-0.39, 0.29) is 5.91 Å². The number of fused-ring (bicyclic) bond motifs is 1. The van der Waals surface area contributed by atoms with E-state index in [0.29, 0.717) is 5.82 Å². The Morgan fingerprint density at radius 2 is 1.58 bits per heavy atom. The zero-order valence-electron chi connectivity index (χ0n) is 15.3. The molecule has 0 saturated carbocycles. The Balaban J connectivity index is 1.87. The summed E-state index contributed by atoms with van der Waals surface area (Å²) >= 11 is 0. The number of benzene rings is 1. The van der Waals surface area contributed by atoms with Crippen LogP contribution in [0.2, 0.25) is 0 Å². The molecule has 0 bridgehead atoms. The molecule has 0 radical (unpaired) electrons. The smallest absolute Gasteiger partial charge is 0.242 e. The summed E-state index contributed by atoms with van der Waals surface area (Å²) in [6.07, 6.45) is 5.19. The van der Waals surface area contributed by atoms with Crippen LogP contribution in [0.5, 0.6) is 0 Å². The van der Waals surface area contributed by atoms with Gasteiger partial charge in [-0.3, -0.25) is 19.7 Å². The minimum absolute atomic E-state index is 0.00448. The molecule has 0 fully saturated rings. The average molecular weight is 344 g/mol. The molecule has 0 aliphatic carbocycles. The van der Waals surface area contributed by atoms with Gasteiger partial charge < -0.3 is 0 Å². The molecule has 0 atom stereocenters. The van der Waals surface area contributed by atoms with Crippen LogP contribution in [0, 0.1) is 13.8 Å². The van der Waals surface area contributed by atoms with Gasteiger partial charge >= 0.3 is 0 Å². The highest BCUT2D eigenvalue weighted by Gasteiger charge is 2.45. The fourth-order valence-corrected chi connectivity index (χ4v) is 3.30. The first-order valence-corrected chi connectivity index (χ1v) is 8.59. The summed E-state index contributed by atoms with van der Waals surface area (Å²) in [4.78, 5) is 27.9. The average Bonchev–Trinajstić information content (AvgIpc) is 2.83. The second-order valence-electron chi connectivity index (χ2n) is 7.20. The number of aryl methyl sites for hydroxylation is 2. The number of hydrogen-bond acceptors (Lipinski definition) is 4. The summed E-state index contributed by atoms with van der Waals surface area (Å²) in [5, 5.41) is 0. The molecule has 130 valence electrons. The largest absolute Gasteiger partial charge is 0.273 e. The number of anilines is 2. The van der Waals surface area contributed by atoms with E-state index in [0.717, 1.165) is 33.8 Å². The molecule has 1 aromatic carbocycles. The van der Waals surface area contributed by atoms with Gasteiger partial charge in [-0.25, -0.2) is 4.98 Å². The van der Waals surface area contributed by atoms with Crippen molar-refractivity contribution in [3.05, 3.63) is 65.9 Å². The second kappa shape index (κ2) is 5.73. The molecule has 1 amide bonds. The predicted octanol–water partition coefficient (Wildman–Crippen LogP) is 4.11. The molecule has 0 saturated heterocycles. The van der Waals surface area contributed by atoms with Gasteiger partial charge in [0.15, 0.2) is 5.82 Å². The lowest BCUT2D eigenvalue weighted by molar-refractivity contribution is -0.121. The number of pyridine rings is 1. The summed E-state index contributed by atoms with van der Waals surface area (Å²) in [7, 11) is 0. The maximum absolute atomic E-state index is 13.1. The Kier molecular flexibility index (Phi) is 3.61. The third-order valence-corrected chi connectivity index (χ3v) is 4.89. The lowest BCUT2D eigenvalue weighted by atomic mass is 9.85. The van der Waals surface area contributed by atoms with Crippen molar-refractivity contribution in [2.24, 2.45) is 0 Å². The second-order valence-corrected chi connectivity index (χ2v) is 7.20. The summed E-state index contributed by atoms with van der Waals surface area (Å²) in [6.45, 7) is 7.74. The quantitative estimate of drug-likeness (QED) is 0.702. The van der Waals surface area contributed by atoms with Gasteiger partial charge in [0.05, 0.1) is 29.2 Å². The number of carbonyl (C=O) groups is 1. The number of amides is 1. The van der Waals surface area contributed by atoms with Crippen LogP contribution in [-0.4, -0.2) is 20.9 Å². The lowest BCUT2D eigenvalue weighted by Crippen LogP contribution is -2.33. The van der Waals surface area contributed by atoms with E-state index in [2.05, 4.69) is 15.0 Å². The Labute approximate surface area is 152 Å². The molecule has 3 heterocycles. The summed E-state index contributed by atoms with van der Waals surface area (Å²) < 4.78 is 0. The van der Waals surface area contributed by atoms with Crippen molar-refractivity contribution in [2.45, 2.75) is 33.1 Å². The summed E-state index contributed by atoms with van der Waals surface area (Å²) in [6, 6.07) is 10.1. The lowest BCUT2D eigenvalue weighted by Gasteiger charge is -2.19. The van der Waals surface area contributed by atoms with E-state index < -0.39 is 5.41 Å². The predicted molar refractivity (Wildman–Crippen MR) is 101 cm³/mol. The van der Waals surface area contributed by atoms with Gasteiger partial charge in [0, 0.05) is 17.5 Å². The highest BCUT2D eigenvalue weighted by Crippen LogP contribution is 2.46. The van der Waals surface area contributed by atoms with E-state index in [1.54, 1.807) is 17.3 Å². The van der Waals surface area contributed by atoms with E-state index in [4.69, 9.17) is 0 Å². The van der Waals surface area contributed by atoms with Crippen LogP contribution in [0.15, 0.2) is 48.9 Å². The molecule has 5 nitrogen and oxygen atoms in total. The molecular weight excluding hydrogens is 324 g/mol. The third kappa shape index (κ3) is 2.47. The van der Waals surface area contributed by atoms with Gasteiger partial charge in [-0.05, 0) is 51.0 Å². The molecular formula is C21H20N4O. The van der Waals surface area contributed by atoms with Crippen LogP contribution in [-0.2, 0) is 10.2 Å². The van der Waals surface area contributed by atoms with Gasteiger partial charge in [-0.2, -0.15) is 0 Å². The van der Waals surface area contributed by atoms with Gasteiger partial charge in [-0.15, -0.1) is 0 Å². The fraction of sp³-hybridized carbons (Fsp3) is 0.238. The van der Waals surface area contributed by atoms with Gasteiger partial charge in [0.25, 0.3) is 0 Å². The highest BCUT2D eigenvalue weighted by atomic mass is 16.2. The number of hydrogen-bond donors (Lipinski definition) is 0. The molecule has 0 spiro atoms. The summed E-state index contributed by atoms with van der Waals surface area (Å²) in [5.74, 6) is 0.552. The first-order chi connectivity index (χ1) is 12.4. The van der Waals surface area contributed by atoms with Crippen molar-refractivity contribution in [3.63, 3.8) is 0 Å². The molecule has 2 aromatic heterocycles. The maximum Gasteiger partial charge on any atom is 0.242 e. The Morgan fingerprint density at radius 1 is 0.846 bits per heavy atom. The Bertz CT molecular complexity index is 992. The van der Waals surface area contributed by atoms with Crippen LogP contribution in [0.1, 0.15) is 30.8 Å². The minimum Gasteiger partial charge on any atom is -0.273 e. The van der Waals surface area contributed by atoms with Gasteiger partial charge in [-0.1, -0.05) is 18.2 Å². The zero-order valence-corrected chi connectivity index (χ0v) is 15.3.